The molecular weight excluding hydrogens is 473 g/mol. The molecule has 0 aliphatic carbocycles. The number of hydrogen-bond donors (Lipinski definition) is 1. The number of para-hydroxylation sites is 2. The second-order valence-electron chi connectivity index (χ2n) is 7.57. The fraction of sp³-hybridized carbons (Fsp3) is 0.0385. The van der Waals surface area contributed by atoms with E-state index in [1.807, 2.05) is 28.8 Å². The first-order chi connectivity index (χ1) is 16.5. The zero-order valence-corrected chi connectivity index (χ0v) is 19.2. The molecule has 5 aromatic rings. The molecule has 2 aromatic heterocycles. The molecule has 5 rings (SSSR count). The average molecular weight is 490 g/mol. The third-order valence-corrected chi connectivity index (χ3v) is 5.95. The summed E-state index contributed by atoms with van der Waals surface area (Å²) in [5.41, 5.74) is 4.48. The smallest absolute Gasteiger partial charge is 0.260 e. The lowest BCUT2D eigenvalue weighted by atomic mass is 10.1. The van der Waals surface area contributed by atoms with Crippen molar-refractivity contribution in [3.8, 4) is 11.3 Å². The molecular formula is C26H17Cl2N3O3. The number of halogens is 2. The first kappa shape index (κ1) is 21.9. The van der Waals surface area contributed by atoms with Crippen LogP contribution in [0.25, 0.3) is 33.1 Å². The lowest BCUT2D eigenvalue weighted by molar-refractivity contribution is -0.121. The number of aromatic nitrogens is 1. The quantitative estimate of drug-likeness (QED) is 0.190. The molecule has 0 radical (unpaired) electrons. The molecule has 0 atom stereocenters. The molecule has 0 saturated heterocycles. The highest BCUT2D eigenvalue weighted by Crippen LogP contribution is 2.31. The number of carbonyl (C=O) groups excluding carboxylic acids is 1. The Balaban J connectivity index is 1.37. The van der Waals surface area contributed by atoms with Gasteiger partial charge in [-0.3, -0.25) is 9.59 Å². The minimum atomic E-state index is -0.347. The van der Waals surface area contributed by atoms with E-state index in [1.54, 1.807) is 54.6 Å². The largest absolute Gasteiger partial charge is 0.455 e. The van der Waals surface area contributed by atoms with Crippen molar-refractivity contribution in [1.29, 1.82) is 0 Å². The lowest BCUT2D eigenvalue weighted by Crippen LogP contribution is -2.25. The van der Waals surface area contributed by atoms with Crippen LogP contribution in [0.5, 0.6) is 0 Å². The number of benzene rings is 3. The van der Waals surface area contributed by atoms with Crippen molar-refractivity contribution in [2.45, 2.75) is 6.54 Å². The topological polar surface area (TPSA) is 76.6 Å². The van der Waals surface area contributed by atoms with Crippen LogP contribution in [0.3, 0.4) is 0 Å². The van der Waals surface area contributed by atoms with Gasteiger partial charge >= 0.3 is 0 Å². The van der Waals surface area contributed by atoms with Gasteiger partial charge in [-0.05, 0) is 54.6 Å². The van der Waals surface area contributed by atoms with Crippen molar-refractivity contribution in [2.75, 3.05) is 0 Å². The van der Waals surface area contributed by atoms with Gasteiger partial charge in [0.25, 0.3) is 5.91 Å². The molecule has 0 saturated carbocycles. The number of nitrogens with one attached hydrogen (secondary N) is 1. The van der Waals surface area contributed by atoms with Crippen molar-refractivity contribution < 1.29 is 9.21 Å². The van der Waals surface area contributed by atoms with Crippen LogP contribution in [0.4, 0.5) is 0 Å². The molecule has 0 unspecified atom stereocenters. The van der Waals surface area contributed by atoms with Gasteiger partial charge in [0, 0.05) is 21.4 Å². The van der Waals surface area contributed by atoms with E-state index in [4.69, 9.17) is 27.6 Å². The summed E-state index contributed by atoms with van der Waals surface area (Å²) in [7, 11) is 0. The second-order valence-corrected chi connectivity index (χ2v) is 8.41. The Bertz CT molecular complexity index is 1580. The Morgan fingerprint density at radius 3 is 2.32 bits per heavy atom. The molecule has 0 aliphatic rings. The Morgan fingerprint density at radius 2 is 1.62 bits per heavy atom. The molecule has 8 heteroatoms. The van der Waals surface area contributed by atoms with E-state index in [9.17, 15) is 9.59 Å². The Kier molecular flexibility index (Phi) is 5.92. The highest BCUT2D eigenvalue weighted by Gasteiger charge is 2.13. The number of amides is 1. The van der Waals surface area contributed by atoms with Gasteiger partial charge in [0.05, 0.1) is 22.3 Å². The van der Waals surface area contributed by atoms with Gasteiger partial charge < -0.3 is 8.98 Å². The Morgan fingerprint density at radius 1 is 0.941 bits per heavy atom. The summed E-state index contributed by atoms with van der Waals surface area (Å²) in [6, 6.07) is 23.0. The summed E-state index contributed by atoms with van der Waals surface area (Å²) in [6.07, 6.45) is 1.40. The highest BCUT2D eigenvalue weighted by atomic mass is 35.5. The number of nitrogens with zero attached hydrogens (tertiary/aromatic N) is 2. The van der Waals surface area contributed by atoms with Crippen molar-refractivity contribution >= 4 is 57.1 Å². The fourth-order valence-corrected chi connectivity index (χ4v) is 4.23. The molecule has 168 valence electrons. The standard InChI is InChI=1S/C26H17Cl2N3O3/c27-16-9-11-21(28)20(13-16)24-12-10-17(34-24)14-29-30-25(32)15-31-22-7-3-1-5-18(22)26(33)19-6-2-4-8-23(19)31/h1-14H,15H2,(H,30,32). The number of carbonyl (C=O) groups is 1. The van der Waals surface area contributed by atoms with E-state index < -0.39 is 0 Å². The average Bonchev–Trinajstić information content (AvgIpc) is 3.32. The van der Waals surface area contributed by atoms with Gasteiger partial charge in [0.2, 0.25) is 0 Å². The number of pyridine rings is 1. The van der Waals surface area contributed by atoms with E-state index in [-0.39, 0.29) is 17.9 Å². The van der Waals surface area contributed by atoms with Crippen LogP contribution >= 0.6 is 23.2 Å². The van der Waals surface area contributed by atoms with E-state index in [2.05, 4.69) is 10.5 Å². The monoisotopic (exact) mass is 489 g/mol. The van der Waals surface area contributed by atoms with Crippen LogP contribution in [-0.2, 0) is 11.3 Å². The Hall–Kier alpha value is -3.87. The molecule has 34 heavy (non-hydrogen) atoms. The van der Waals surface area contributed by atoms with Gasteiger partial charge in [0.15, 0.2) is 5.43 Å². The highest BCUT2D eigenvalue weighted by molar-refractivity contribution is 6.35. The fourth-order valence-electron chi connectivity index (χ4n) is 3.85. The minimum absolute atomic E-state index is 0.0137. The maximum Gasteiger partial charge on any atom is 0.260 e. The van der Waals surface area contributed by atoms with Crippen molar-refractivity contribution in [1.82, 2.24) is 9.99 Å². The van der Waals surface area contributed by atoms with Gasteiger partial charge in [-0.25, -0.2) is 5.43 Å². The zero-order valence-electron chi connectivity index (χ0n) is 17.7. The molecule has 0 bridgehead atoms. The Labute approximate surface area is 204 Å². The maximum atomic E-state index is 12.8. The van der Waals surface area contributed by atoms with Gasteiger partial charge in [0.1, 0.15) is 18.1 Å². The third kappa shape index (κ3) is 4.21. The van der Waals surface area contributed by atoms with E-state index in [0.717, 1.165) is 0 Å². The zero-order chi connectivity index (χ0) is 23.7. The predicted molar refractivity (Wildman–Crippen MR) is 136 cm³/mol. The summed E-state index contributed by atoms with van der Waals surface area (Å²) in [4.78, 5) is 25.5. The molecule has 2 heterocycles. The number of rotatable bonds is 5. The van der Waals surface area contributed by atoms with Crippen LogP contribution in [0.2, 0.25) is 10.0 Å². The van der Waals surface area contributed by atoms with Gasteiger partial charge in [-0.15, -0.1) is 0 Å². The lowest BCUT2D eigenvalue weighted by Gasteiger charge is -2.14. The summed E-state index contributed by atoms with van der Waals surface area (Å²) in [5, 5.41) is 6.17. The van der Waals surface area contributed by atoms with Crippen LogP contribution in [0.1, 0.15) is 5.76 Å². The minimum Gasteiger partial charge on any atom is -0.455 e. The molecule has 3 aromatic carbocycles. The van der Waals surface area contributed by atoms with Crippen LogP contribution in [0, 0.1) is 0 Å². The first-order valence-corrected chi connectivity index (χ1v) is 11.1. The number of fused-ring (bicyclic) bond motifs is 2. The van der Waals surface area contributed by atoms with E-state index in [1.165, 1.54) is 6.21 Å². The number of hydrazone groups is 1. The summed E-state index contributed by atoms with van der Waals surface area (Å²) >= 11 is 12.3. The van der Waals surface area contributed by atoms with Crippen molar-refractivity contribution in [3.05, 3.63) is 105 Å². The van der Waals surface area contributed by atoms with Crippen LogP contribution in [0.15, 0.2) is 93.2 Å². The van der Waals surface area contributed by atoms with Gasteiger partial charge in [-0.1, -0.05) is 47.5 Å². The van der Waals surface area contributed by atoms with E-state index >= 15 is 0 Å². The number of furan rings is 1. The first-order valence-electron chi connectivity index (χ1n) is 10.4. The molecule has 0 spiro atoms. The molecule has 1 amide bonds. The molecule has 0 aliphatic heterocycles. The van der Waals surface area contributed by atoms with E-state index in [0.29, 0.717) is 48.9 Å². The van der Waals surface area contributed by atoms with Crippen LogP contribution in [-0.4, -0.2) is 16.7 Å². The number of hydrogen-bond acceptors (Lipinski definition) is 4. The maximum absolute atomic E-state index is 12.8. The second kappa shape index (κ2) is 9.17. The predicted octanol–water partition coefficient (Wildman–Crippen LogP) is 5.87. The molecule has 1 N–H and O–H groups in total. The van der Waals surface area contributed by atoms with Crippen molar-refractivity contribution in [2.24, 2.45) is 5.10 Å². The SMILES string of the molecule is O=C(Cn1c2ccccc2c(=O)c2ccccc21)NN=Cc1ccc(-c2cc(Cl)ccc2Cl)o1. The summed E-state index contributed by atoms with van der Waals surface area (Å²) in [6.45, 7) is -0.0137. The van der Waals surface area contributed by atoms with Crippen LogP contribution < -0.4 is 10.9 Å². The van der Waals surface area contributed by atoms with Crippen molar-refractivity contribution in [3.63, 3.8) is 0 Å². The molecule has 0 fully saturated rings. The van der Waals surface area contributed by atoms with Gasteiger partial charge in [-0.2, -0.15) is 5.10 Å². The summed E-state index contributed by atoms with van der Waals surface area (Å²) < 4.78 is 7.56. The third-order valence-electron chi connectivity index (χ3n) is 5.38. The normalized spacial score (nSPS) is 11.5. The summed E-state index contributed by atoms with van der Waals surface area (Å²) in [5.74, 6) is 0.622. The molecule has 6 nitrogen and oxygen atoms in total.